The Morgan fingerprint density at radius 2 is 2.19 bits per heavy atom. The highest BCUT2D eigenvalue weighted by Crippen LogP contribution is 2.32. The molecule has 1 saturated heterocycles. The Hall–Kier alpha value is -0.910. The van der Waals surface area contributed by atoms with Crippen LogP contribution in [0.4, 0.5) is 0 Å². The Morgan fingerprint density at radius 1 is 1.43 bits per heavy atom. The molecule has 4 nitrogen and oxygen atoms in total. The SMILES string of the molecule is CCOCCN1C(=O)C(C(C)CC)NC1c1ccc(C)s1. The minimum absolute atomic E-state index is 0.00402. The number of carbonyl (C=O) groups is 1. The molecule has 118 valence electrons. The van der Waals surface area contributed by atoms with E-state index in [1.807, 2.05) is 11.8 Å². The number of rotatable bonds is 7. The molecule has 1 aromatic heterocycles. The van der Waals surface area contributed by atoms with Crippen molar-refractivity contribution < 1.29 is 9.53 Å². The largest absolute Gasteiger partial charge is 0.380 e. The maximum absolute atomic E-state index is 12.7. The highest BCUT2D eigenvalue weighted by atomic mass is 32.1. The van der Waals surface area contributed by atoms with E-state index in [-0.39, 0.29) is 18.1 Å². The van der Waals surface area contributed by atoms with Crippen molar-refractivity contribution in [3.63, 3.8) is 0 Å². The highest BCUT2D eigenvalue weighted by Gasteiger charge is 2.41. The Labute approximate surface area is 131 Å². The average molecular weight is 310 g/mol. The second kappa shape index (κ2) is 7.38. The Kier molecular flexibility index (Phi) is 5.79. The van der Waals surface area contributed by atoms with Crippen LogP contribution in [0.15, 0.2) is 12.1 Å². The number of aryl methyl sites for hydroxylation is 1. The van der Waals surface area contributed by atoms with Gasteiger partial charge in [0.25, 0.3) is 0 Å². The van der Waals surface area contributed by atoms with Crippen molar-refractivity contribution in [2.24, 2.45) is 5.92 Å². The van der Waals surface area contributed by atoms with Gasteiger partial charge >= 0.3 is 0 Å². The van der Waals surface area contributed by atoms with Gasteiger partial charge in [-0.25, -0.2) is 0 Å². The van der Waals surface area contributed by atoms with Gasteiger partial charge in [0.2, 0.25) is 5.91 Å². The molecular weight excluding hydrogens is 284 g/mol. The molecule has 3 unspecified atom stereocenters. The van der Waals surface area contributed by atoms with Crippen LogP contribution in [0, 0.1) is 12.8 Å². The second-order valence-corrected chi connectivity index (χ2v) is 6.93. The van der Waals surface area contributed by atoms with E-state index in [0.29, 0.717) is 25.7 Å². The van der Waals surface area contributed by atoms with Crippen LogP contribution in [-0.2, 0) is 9.53 Å². The fourth-order valence-corrected chi connectivity index (χ4v) is 3.61. The number of nitrogens with one attached hydrogen (secondary N) is 1. The van der Waals surface area contributed by atoms with Crippen molar-refractivity contribution in [2.45, 2.75) is 46.3 Å². The maximum Gasteiger partial charge on any atom is 0.241 e. The number of amides is 1. The summed E-state index contributed by atoms with van der Waals surface area (Å²) >= 11 is 1.75. The molecular formula is C16H26N2O2S. The van der Waals surface area contributed by atoms with E-state index in [0.717, 1.165) is 6.42 Å². The van der Waals surface area contributed by atoms with Gasteiger partial charge in [0, 0.05) is 22.9 Å². The highest BCUT2D eigenvalue weighted by molar-refractivity contribution is 7.12. The van der Waals surface area contributed by atoms with Crippen LogP contribution in [0.3, 0.4) is 0 Å². The third-order valence-corrected chi connectivity index (χ3v) is 5.18. The van der Waals surface area contributed by atoms with E-state index in [4.69, 9.17) is 4.74 Å². The molecule has 0 aliphatic carbocycles. The minimum atomic E-state index is -0.0796. The number of ether oxygens (including phenoxy) is 1. The molecule has 1 fully saturated rings. The molecule has 0 spiro atoms. The molecule has 0 radical (unpaired) electrons. The van der Waals surface area contributed by atoms with Gasteiger partial charge in [0.15, 0.2) is 0 Å². The summed E-state index contributed by atoms with van der Waals surface area (Å²) in [7, 11) is 0. The molecule has 21 heavy (non-hydrogen) atoms. The average Bonchev–Trinajstić information content (AvgIpc) is 3.03. The first-order valence-corrected chi connectivity index (χ1v) is 8.60. The zero-order chi connectivity index (χ0) is 15.4. The molecule has 1 aliphatic rings. The van der Waals surface area contributed by atoms with Crippen molar-refractivity contribution in [1.82, 2.24) is 10.2 Å². The van der Waals surface area contributed by atoms with Gasteiger partial charge in [-0.1, -0.05) is 20.3 Å². The van der Waals surface area contributed by atoms with E-state index < -0.39 is 0 Å². The Morgan fingerprint density at radius 3 is 2.76 bits per heavy atom. The van der Waals surface area contributed by atoms with Crippen molar-refractivity contribution in [1.29, 1.82) is 0 Å². The van der Waals surface area contributed by atoms with E-state index in [9.17, 15) is 4.79 Å². The van der Waals surface area contributed by atoms with Crippen LogP contribution in [0.25, 0.3) is 0 Å². The smallest absolute Gasteiger partial charge is 0.241 e. The number of carbonyl (C=O) groups excluding carboxylic acids is 1. The summed E-state index contributed by atoms with van der Waals surface area (Å²) in [5.41, 5.74) is 0. The predicted octanol–water partition coefficient (Wildman–Crippen LogP) is 2.94. The third kappa shape index (κ3) is 3.65. The fourth-order valence-electron chi connectivity index (χ4n) is 2.66. The van der Waals surface area contributed by atoms with E-state index in [1.165, 1.54) is 9.75 Å². The lowest BCUT2D eigenvalue weighted by Gasteiger charge is -2.23. The molecule has 1 amide bonds. The molecule has 2 rings (SSSR count). The number of thiophene rings is 1. The molecule has 1 aromatic rings. The van der Waals surface area contributed by atoms with Crippen LogP contribution >= 0.6 is 11.3 Å². The topological polar surface area (TPSA) is 41.6 Å². The summed E-state index contributed by atoms with van der Waals surface area (Å²) in [5, 5.41) is 3.53. The number of nitrogens with zero attached hydrogens (tertiary/aromatic N) is 1. The lowest BCUT2D eigenvalue weighted by atomic mass is 9.99. The summed E-state index contributed by atoms with van der Waals surface area (Å²) in [4.78, 5) is 17.1. The molecule has 5 heteroatoms. The molecule has 1 N–H and O–H groups in total. The van der Waals surface area contributed by atoms with Gasteiger partial charge in [-0.05, 0) is 31.9 Å². The van der Waals surface area contributed by atoms with Crippen molar-refractivity contribution in [3.05, 3.63) is 21.9 Å². The maximum atomic E-state index is 12.7. The van der Waals surface area contributed by atoms with Crippen LogP contribution < -0.4 is 5.32 Å². The van der Waals surface area contributed by atoms with Gasteiger partial charge in [-0.3, -0.25) is 10.1 Å². The molecule has 1 aliphatic heterocycles. The lowest BCUT2D eigenvalue weighted by molar-refractivity contribution is -0.131. The van der Waals surface area contributed by atoms with Gasteiger partial charge in [0.05, 0.1) is 12.6 Å². The van der Waals surface area contributed by atoms with E-state index in [1.54, 1.807) is 11.3 Å². The van der Waals surface area contributed by atoms with E-state index >= 15 is 0 Å². The third-order valence-electron chi connectivity index (χ3n) is 4.12. The van der Waals surface area contributed by atoms with Gasteiger partial charge in [-0.2, -0.15) is 0 Å². The van der Waals surface area contributed by atoms with Crippen LogP contribution in [-0.4, -0.2) is 36.6 Å². The normalized spacial score (nSPS) is 23.8. The van der Waals surface area contributed by atoms with Gasteiger partial charge < -0.3 is 9.64 Å². The summed E-state index contributed by atoms with van der Waals surface area (Å²) in [6, 6.07) is 4.16. The standard InChI is InChI=1S/C16H26N2O2S/c1-5-11(3)14-16(19)18(9-10-20-6-2)15(17-14)13-8-7-12(4)21-13/h7-8,11,14-15,17H,5-6,9-10H2,1-4H3. The van der Waals surface area contributed by atoms with Crippen molar-refractivity contribution in [2.75, 3.05) is 19.8 Å². The first-order chi connectivity index (χ1) is 10.1. The van der Waals surface area contributed by atoms with Crippen molar-refractivity contribution >= 4 is 17.2 Å². The summed E-state index contributed by atoms with van der Waals surface area (Å²) in [6.45, 7) is 10.3. The molecule has 0 aromatic carbocycles. The molecule has 3 atom stereocenters. The number of hydrogen-bond acceptors (Lipinski definition) is 4. The summed E-state index contributed by atoms with van der Waals surface area (Å²) < 4.78 is 5.44. The zero-order valence-electron chi connectivity index (χ0n) is 13.4. The van der Waals surface area contributed by atoms with E-state index in [2.05, 4.69) is 38.2 Å². The first-order valence-electron chi connectivity index (χ1n) is 7.79. The fraction of sp³-hybridized carbons (Fsp3) is 0.688. The summed E-state index contributed by atoms with van der Waals surface area (Å²) in [6.07, 6.45) is 0.995. The predicted molar refractivity (Wildman–Crippen MR) is 86.4 cm³/mol. The van der Waals surface area contributed by atoms with Gasteiger partial charge in [-0.15, -0.1) is 11.3 Å². The molecule has 0 saturated carbocycles. The minimum Gasteiger partial charge on any atom is -0.380 e. The second-order valence-electron chi connectivity index (χ2n) is 5.61. The summed E-state index contributed by atoms with van der Waals surface area (Å²) in [5.74, 6) is 0.554. The van der Waals surface area contributed by atoms with Gasteiger partial charge in [0.1, 0.15) is 6.17 Å². The quantitative estimate of drug-likeness (QED) is 0.787. The molecule has 0 bridgehead atoms. The van der Waals surface area contributed by atoms with Crippen LogP contribution in [0.5, 0.6) is 0 Å². The Balaban J connectivity index is 2.16. The number of hydrogen-bond donors (Lipinski definition) is 1. The van der Waals surface area contributed by atoms with Crippen molar-refractivity contribution in [3.8, 4) is 0 Å². The molecule has 2 heterocycles. The van der Waals surface area contributed by atoms with Crippen LogP contribution in [0.2, 0.25) is 0 Å². The zero-order valence-corrected chi connectivity index (χ0v) is 14.2. The van der Waals surface area contributed by atoms with Crippen LogP contribution in [0.1, 0.15) is 43.1 Å². The Bertz CT molecular complexity index is 475. The first kappa shape index (κ1) is 16.5. The lowest BCUT2D eigenvalue weighted by Crippen LogP contribution is -2.36. The monoisotopic (exact) mass is 310 g/mol.